The largest absolute Gasteiger partial charge is 0.308 e. The van der Waals surface area contributed by atoms with Gasteiger partial charge < -0.3 is 5.32 Å². The van der Waals surface area contributed by atoms with E-state index in [1.165, 1.54) is 29.3 Å². The molecule has 14 heavy (non-hydrogen) atoms. The van der Waals surface area contributed by atoms with Crippen LogP contribution in [0.15, 0.2) is 5.38 Å². The molecular weight excluding hydrogens is 212 g/mol. The highest BCUT2D eigenvalue weighted by Crippen LogP contribution is 2.20. The molecule has 2 rings (SSSR count). The number of thiazole rings is 1. The second-order valence-corrected chi connectivity index (χ2v) is 5.74. The molecule has 1 heterocycles. The standard InChI is InChI=1S/C10H16N2S2/c1-2-13-7-10-12-9(6-14-10)5-11-8-3-4-8/h6,8,11H,2-5,7H2,1H3. The second-order valence-electron chi connectivity index (χ2n) is 3.52. The predicted octanol–water partition coefficient (Wildman–Crippen LogP) is 2.65. The average molecular weight is 228 g/mol. The zero-order valence-corrected chi connectivity index (χ0v) is 10.1. The summed E-state index contributed by atoms with van der Waals surface area (Å²) in [6.07, 6.45) is 2.70. The fourth-order valence-corrected chi connectivity index (χ4v) is 2.77. The molecular formula is C10H16N2S2. The van der Waals surface area contributed by atoms with Crippen molar-refractivity contribution < 1.29 is 0 Å². The van der Waals surface area contributed by atoms with Crippen LogP contribution in [0.3, 0.4) is 0 Å². The van der Waals surface area contributed by atoms with Gasteiger partial charge in [0.15, 0.2) is 0 Å². The van der Waals surface area contributed by atoms with Crippen molar-refractivity contribution in [2.75, 3.05) is 5.75 Å². The molecule has 1 fully saturated rings. The highest BCUT2D eigenvalue weighted by atomic mass is 32.2. The quantitative estimate of drug-likeness (QED) is 0.810. The van der Waals surface area contributed by atoms with Crippen molar-refractivity contribution in [2.24, 2.45) is 0 Å². The lowest BCUT2D eigenvalue weighted by atomic mass is 10.5. The molecule has 1 N–H and O–H groups in total. The second kappa shape index (κ2) is 5.14. The molecule has 0 radical (unpaired) electrons. The predicted molar refractivity (Wildman–Crippen MR) is 63.8 cm³/mol. The van der Waals surface area contributed by atoms with E-state index < -0.39 is 0 Å². The van der Waals surface area contributed by atoms with Crippen LogP contribution in [0.5, 0.6) is 0 Å². The fraction of sp³-hybridized carbons (Fsp3) is 0.700. The van der Waals surface area contributed by atoms with E-state index >= 15 is 0 Å². The van der Waals surface area contributed by atoms with Crippen molar-refractivity contribution in [2.45, 2.75) is 38.1 Å². The van der Waals surface area contributed by atoms with Gasteiger partial charge in [-0.3, -0.25) is 0 Å². The van der Waals surface area contributed by atoms with Gasteiger partial charge in [0, 0.05) is 23.7 Å². The molecule has 78 valence electrons. The number of hydrogen-bond donors (Lipinski definition) is 1. The Hall–Kier alpha value is -0.0600. The van der Waals surface area contributed by atoms with Crippen LogP contribution in [0.1, 0.15) is 30.5 Å². The smallest absolute Gasteiger partial charge is 0.103 e. The van der Waals surface area contributed by atoms with Crippen molar-refractivity contribution in [3.05, 3.63) is 16.1 Å². The van der Waals surface area contributed by atoms with E-state index in [4.69, 9.17) is 0 Å². The molecule has 0 atom stereocenters. The minimum Gasteiger partial charge on any atom is -0.308 e. The maximum absolute atomic E-state index is 4.58. The van der Waals surface area contributed by atoms with Crippen molar-refractivity contribution >= 4 is 23.1 Å². The zero-order valence-electron chi connectivity index (χ0n) is 8.45. The first kappa shape index (κ1) is 10.5. The monoisotopic (exact) mass is 228 g/mol. The van der Waals surface area contributed by atoms with Gasteiger partial charge in [0.05, 0.1) is 5.69 Å². The Morgan fingerprint density at radius 1 is 1.64 bits per heavy atom. The van der Waals surface area contributed by atoms with Crippen LogP contribution in [-0.4, -0.2) is 16.8 Å². The summed E-state index contributed by atoms with van der Waals surface area (Å²) in [4.78, 5) is 4.58. The van der Waals surface area contributed by atoms with Gasteiger partial charge in [-0.2, -0.15) is 11.8 Å². The number of rotatable bonds is 6. The first-order valence-corrected chi connectivity index (χ1v) is 7.16. The van der Waals surface area contributed by atoms with Gasteiger partial charge in [-0.05, 0) is 18.6 Å². The molecule has 1 aromatic heterocycles. The Morgan fingerprint density at radius 3 is 3.21 bits per heavy atom. The van der Waals surface area contributed by atoms with Crippen LogP contribution in [-0.2, 0) is 12.3 Å². The van der Waals surface area contributed by atoms with Crippen molar-refractivity contribution in [1.29, 1.82) is 0 Å². The SMILES string of the molecule is CCSCc1nc(CNC2CC2)cs1. The van der Waals surface area contributed by atoms with E-state index in [1.807, 2.05) is 11.8 Å². The van der Waals surface area contributed by atoms with Crippen molar-refractivity contribution in [1.82, 2.24) is 10.3 Å². The number of thioether (sulfide) groups is 1. The van der Waals surface area contributed by atoms with Crippen LogP contribution in [0.2, 0.25) is 0 Å². The molecule has 1 aliphatic rings. The Morgan fingerprint density at radius 2 is 2.50 bits per heavy atom. The van der Waals surface area contributed by atoms with E-state index in [2.05, 4.69) is 22.6 Å². The Kier molecular flexibility index (Phi) is 3.84. The zero-order chi connectivity index (χ0) is 9.80. The number of nitrogens with zero attached hydrogens (tertiary/aromatic N) is 1. The third kappa shape index (κ3) is 3.26. The van der Waals surface area contributed by atoms with Crippen molar-refractivity contribution in [3.8, 4) is 0 Å². The third-order valence-corrected chi connectivity index (χ3v) is 4.14. The first-order valence-electron chi connectivity index (χ1n) is 5.13. The highest BCUT2D eigenvalue weighted by molar-refractivity contribution is 7.98. The van der Waals surface area contributed by atoms with Gasteiger partial charge >= 0.3 is 0 Å². The van der Waals surface area contributed by atoms with Crippen LogP contribution >= 0.6 is 23.1 Å². The number of hydrogen-bond acceptors (Lipinski definition) is 4. The molecule has 1 aliphatic carbocycles. The first-order chi connectivity index (χ1) is 6.88. The van der Waals surface area contributed by atoms with Crippen molar-refractivity contribution in [3.63, 3.8) is 0 Å². The van der Waals surface area contributed by atoms with Gasteiger partial charge in [-0.25, -0.2) is 4.98 Å². The average Bonchev–Trinajstić information content (AvgIpc) is 2.92. The van der Waals surface area contributed by atoms with Gasteiger partial charge in [0.1, 0.15) is 5.01 Å². The maximum atomic E-state index is 4.58. The van der Waals surface area contributed by atoms with Gasteiger partial charge in [-0.1, -0.05) is 6.92 Å². The minimum absolute atomic E-state index is 0.783. The summed E-state index contributed by atoms with van der Waals surface area (Å²) in [6.45, 7) is 3.14. The Bertz CT molecular complexity index is 281. The summed E-state index contributed by atoms with van der Waals surface area (Å²) in [5.41, 5.74) is 1.22. The van der Waals surface area contributed by atoms with E-state index in [1.54, 1.807) is 11.3 Å². The fourth-order valence-electron chi connectivity index (χ4n) is 1.22. The summed E-state index contributed by atoms with van der Waals surface area (Å²) in [5.74, 6) is 2.25. The molecule has 0 saturated heterocycles. The summed E-state index contributed by atoms with van der Waals surface area (Å²) in [7, 11) is 0. The molecule has 0 bridgehead atoms. The molecule has 0 amide bonds. The molecule has 0 aromatic carbocycles. The topological polar surface area (TPSA) is 24.9 Å². The minimum atomic E-state index is 0.783. The van der Waals surface area contributed by atoms with Gasteiger partial charge in [0.25, 0.3) is 0 Å². The lowest BCUT2D eigenvalue weighted by Gasteiger charge is -1.97. The van der Waals surface area contributed by atoms with E-state index in [9.17, 15) is 0 Å². The summed E-state index contributed by atoms with van der Waals surface area (Å²) < 4.78 is 0. The van der Waals surface area contributed by atoms with Crippen LogP contribution in [0, 0.1) is 0 Å². The molecule has 2 nitrogen and oxygen atoms in total. The maximum Gasteiger partial charge on any atom is 0.103 e. The number of nitrogens with one attached hydrogen (secondary N) is 1. The normalized spacial score (nSPS) is 16.1. The highest BCUT2D eigenvalue weighted by Gasteiger charge is 2.20. The van der Waals surface area contributed by atoms with Crippen LogP contribution in [0.4, 0.5) is 0 Å². The van der Waals surface area contributed by atoms with E-state index in [0.717, 1.165) is 18.3 Å². The molecule has 1 aromatic rings. The molecule has 4 heteroatoms. The molecule has 0 aliphatic heterocycles. The molecule has 0 spiro atoms. The summed E-state index contributed by atoms with van der Waals surface area (Å²) in [6, 6.07) is 0.783. The van der Waals surface area contributed by atoms with Crippen LogP contribution in [0.25, 0.3) is 0 Å². The van der Waals surface area contributed by atoms with E-state index in [0.29, 0.717) is 0 Å². The lowest BCUT2D eigenvalue weighted by molar-refractivity contribution is 0.676. The molecule has 0 unspecified atom stereocenters. The Labute approximate surface area is 93.5 Å². The summed E-state index contributed by atoms with van der Waals surface area (Å²) >= 11 is 3.73. The third-order valence-electron chi connectivity index (χ3n) is 2.18. The summed E-state index contributed by atoms with van der Waals surface area (Å²) in [5, 5.41) is 6.93. The van der Waals surface area contributed by atoms with E-state index in [-0.39, 0.29) is 0 Å². The number of aromatic nitrogens is 1. The molecule has 1 saturated carbocycles. The lowest BCUT2D eigenvalue weighted by Crippen LogP contribution is -2.15. The van der Waals surface area contributed by atoms with Crippen LogP contribution < -0.4 is 5.32 Å². The van der Waals surface area contributed by atoms with Gasteiger partial charge in [-0.15, -0.1) is 11.3 Å². The Balaban J connectivity index is 1.76. The van der Waals surface area contributed by atoms with Gasteiger partial charge in [0.2, 0.25) is 0 Å².